The lowest BCUT2D eigenvalue weighted by Gasteiger charge is -2.29. The van der Waals surface area contributed by atoms with E-state index in [1.54, 1.807) is 12.1 Å². The second kappa shape index (κ2) is 8.31. The molecular formula is C21H21FN4O2. The topological polar surface area (TPSA) is 71.3 Å². The number of nitrogens with one attached hydrogen (secondary N) is 1. The Morgan fingerprint density at radius 3 is 2.50 bits per heavy atom. The van der Waals surface area contributed by atoms with Gasteiger partial charge in [0.1, 0.15) is 5.82 Å². The first-order valence-electron chi connectivity index (χ1n) is 9.34. The second-order valence-electron chi connectivity index (χ2n) is 6.92. The average molecular weight is 380 g/mol. The number of piperidine rings is 1. The fraction of sp³-hybridized carbons (Fsp3) is 0.286. The molecule has 1 amide bonds. The molecule has 1 N–H and O–H groups in total. The third-order valence-electron chi connectivity index (χ3n) is 4.89. The van der Waals surface area contributed by atoms with Crippen LogP contribution < -0.4 is 5.32 Å². The number of likely N-dealkylation sites (tertiary alicyclic amines) is 1. The van der Waals surface area contributed by atoms with Crippen LogP contribution >= 0.6 is 0 Å². The highest BCUT2D eigenvalue weighted by atomic mass is 19.1. The Labute approximate surface area is 162 Å². The van der Waals surface area contributed by atoms with Crippen LogP contribution in [0.5, 0.6) is 0 Å². The van der Waals surface area contributed by atoms with Crippen LogP contribution in [0.3, 0.4) is 0 Å². The van der Waals surface area contributed by atoms with Crippen molar-refractivity contribution in [3.63, 3.8) is 0 Å². The minimum Gasteiger partial charge on any atom is -0.420 e. The van der Waals surface area contributed by atoms with Gasteiger partial charge >= 0.3 is 0 Å². The molecule has 0 unspecified atom stereocenters. The molecule has 3 aromatic rings. The normalized spacial score (nSPS) is 15.5. The van der Waals surface area contributed by atoms with Gasteiger partial charge in [-0.2, -0.15) is 0 Å². The van der Waals surface area contributed by atoms with Gasteiger partial charge in [-0.1, -0.05) is 18.2 Å². The first-order chi connectivity index (χ1) is 13.7. The molecule has 0 saturated carbocycles. The number of halogens is 1. The quantitative estimate of drug-likeness (QED) is 0.731. The lowest BCUT2D eigenvalue weighted by atomic mass is 9.97. The Bertz CT molecular complexity index is 919. The molecular weight excluding hydrogens is 359 g/mol. The zero-order valence-electron chi connectivity index (χ0n) is 15.3. The molecule has 0 radical (unpaired) electrons. The number of nitrogens with zero attached hydrogens (tertiary/aromatic N) is 3. The van der Waals surface area contributed by atoms with Crippen molar-refractivity contribution in [2.75, 3.05) is 25.0 Å². The van der Waals surface area contributed by atoms with Gasteiger partial charge in [0.05, 0.1) is 6.54 Å². The molecule has 2 aromatic carbocycles. The average Bonchev–Trinajstić information content (AvgIpc) is 3.20. The van der Waals surface area contributed by atoms with E-state index in [0.29, 0.717) is 23.9 Å². The lowest BCUT2D eigenvalue weighted by Crippen LogP contribution is -2.38. The van der Waals surface area contributed by atoms with Crippen molar-refractivity contribution >= 4 is 11.6 Å². The minimum absolute atomic E-state index is 0.0129. The summed E-state index contributed by atoms with van der Waals surface area (Å²) in [5, 5.41) is 11.2. The van der Waals surface area contributed by atoms with Crippen LogP contribution in [-0.4, -0.2) is 40.6 Å². The van der Waals surface area contributed by atoms with Crippen molar-refractivity contribution in [2.24, 2.45) is 0 Å². The van der Waals surface area contributed by atoms with Crippen molar-refractivity contribution < 1.29 is 13.6 Å². The van der Waals surface area contributed by atoms with Crippen LogP contribution in [0.15, 0.2) is 59.0 Å². The maximum Gasteiger partial charge on any atom is 0.247 e. The molecule has 1 saturated heterocycles. The van der Waals surface area contributed by atoms with E-state index in [-0.39, 0.29) is 17.6 Å². The Hall–Kier alpha value is -3.06. The van der Waals surface area contributed by atoms with Gasteiger partial charge in [0, 0.05) is 17.2 Å². The largest absolute Gasteiger partial charge is 0.420 e. The van der Waals surface area contributed by atoms with Crippen molar-refractivity contribution in [2.45, 2.75) is 18.8 Å². The molecule has 0 bridgehead atoms. The maximum atomic E-state index is 13.0. The third-order valence-corrected chi connectivity index (χ3v) is 4.89. The molecule has 0 aliphatic carbocycles. The van der Waals surface area contributed by atoms with E-state index < -0.39 is 0 Å². The smallest absolute Gasteiger partial charge is 0.247 e. The van der Waals surface area contributed by atoms with E-state index in [1.165, 1.54) is 12.1 Å². The summed E-state index contributed by atoms with van der Waals surface area (Å²) in [7, 11) is 0. The van der Waals surface area contributed by atoms with Crippen molar-refractivity contribution in [1.82, 2.24) is 15.1 Å². The van der Waals surface area contributed by atoms with Crippen molar-refractivity contribution in [1.29, 1.82) is 0 Å². The first kappa shape index (κ1) is 18.3. The van der Waals surface area contributed by atoms with E-state index in [1.807, 2.05) is 30.3 Å². The first-order valence-corrected chi connectivity index (χ1v) is 9.34. The van der Waals surface area contributed by atoms with E-state index in [0.717, 1.165) is 31.6 Å². The number of hydrogen-bond donors (Lipinski definition) is 1. The predicted molar refractivity (Wildman–Crippen MR) is 103 cm³/mol. The predicted octanol–water partition coefficient (Wildman–Crippen LogP) is 3.69. The standard InChI is InChI=1S/C21H21FN4O2/c22-17-8-6-15(7-9-17)20-24-25-21(28-20)16-10-12-26(13-11-16)14-19(27)23-18-4-2-1-3-5-18/h1-9,16H,10-14H2,(H,23,27). The number of benzene rings is 2. The summed E-state index contributed by atoms with van der Waals surface area (Å²) in [6.45, 7) is 1.95. The van der Waals surface area contributed by atoms with E-state index in [9.17, 15) is 9.18 Å². The van der Waals surface area contributed by atoms with Crippen LogP contribution in [-0.2, 0) is 4.79 Å². The number of carbonyl (C=O) groups is 1. The number of amides is 1. The minimum atomic E-state index is -0.299. The number of para-hydroxylation sites is 1. The molecule has 4 rings (SSSR count). The number of hydrogen-bond acceptors (Lipinski definition) is 5. The molecule has 28 heavy (non-hydrogen) atoms. The van der Waals surface area contributed by atoms with E-state index in [4.69, 9.17) is 4.42 Å². The number of anilines is 1. The van der Waals surface area contributed by atoms with Crippen LogP contribution in [0, 0.1) is 5.82 Å². The van der Waals surface area contributed by atoms with Gasteiger partial charge in [-0.15, -0.1) is 10.2 Å². The van der Waals surface area contributed by atoms with Crippen molar-refractivity contribution in [3.05, 3.63) is 66.3 Å². The fourth-order valence-electron chi connectivity index (χ4n) is 3.37. The Balaban J connectivity index is 1.29. The highest BCUT2D eigenvalue weighted by molar-refractivity contribution is 5.92. The maximum absolute atomic E-state index is 13.0. The molecule has 144 valence electrons. The van der Waals surface area contributed by atoms with Crippen LogP contribution in [0.1, 0.15) is 24.7 Å². The van der Waals surface area contributed by atoms with Gasteiger partial charge in [-0.05, 0) is 62.3 Å². The molecule has 1 aromatic heterocycles. The molecule has 1 aliphatic heterocycles. The number of rotatable bonds is 5. The summed E-state index contributed by atoms with van der Waals surface area (Å²) in [6, 6.07) is 15.4. The van der Waals surface area contributed by atoms with Crippen LogP contribution in [0.4, 0.5) is 10.1 Å². The zero-order chi connectivity index (χ0) is 19.3. The fourth-order valence-corrected chi connectivity index (χ4v) is 3.37. The van der Waals surface area contributed by atoms with Gasteiger partial charge in [-0.25, -0.2) is 4.39 Å². The Morgan fingerprint density at radius 1 is 1.07 bits per heavy atom. The van der Waals surface area contributed by atoms with Gasteiger partial charge in [-0.3, -0.25) is 9.69 Å². The highest BCUT2D eigenvalue weighted by Crippen LogP contribution is 2.29. The number of carbonyl (C=O) groups excluding carboxylic acids is 1. The molecule has 6 nitrogen and oxygen atoms in total. The second-order valence-corrected chi connectivity index (χ2v) is 6.92. The van der Waals surface area contributed by atoms with E-state index in [2.05, 4.69) is 20.4 Å². The molecule has 1 fully saturated rings. The van der Waals surface area contributed by atoms with Gasteiger partial charge in [0.2, 0.25) is 17.7 Å². The summed E-state index contributed by atoms with van der Waals surface area (Å²) in [4.78, 5) is 14.3. The molecule has 0 spiro atoms. The van der Waals surface area contributed by atoms with E-state index >= 15 is 0 Å². The number of aromatic nitrogens is 2. The summed E-state index contributed by atoms with van der Waals surface area (Å²) in [5.74, 6) is 0.871. The highest BCUT2D eigenvalue weighted by Gasteiger charge is 2.26. The van der Waals surface area contributed by atoms with Gasteiger partial charge in [0.25, 0.3) is 0 Å². The summed E-state index contributed by atoms with van der Waals surface area (Å²) < 4.78 is 18.8. The molecule has 1 aliphatic rings. The Morgan fingerprint density at radius 2 is 1.79 bits per heavy atom. The van der Waals surface area contributed by atoms with Crippen LogP contribution in [0.2, 0.25) is 0 Å². The van der Waals surface area contributed by atoms with Crippen LogP contribution in [0.25, 0.3) is 11.5 Å². The SMILES string of the molecule is O=C(CN1CCC(c2nnc(-c3ccc(F)cc3)o2)CC1)Nc1ccccc1. The summed E-state index contributed by atoms with van der Waals surface area (Å²) >= 11 is 0. The van der Waals surface area contributed by atoms with Crippen molar-refractivity contribution in [3.8, 4) is 11.5 Å². The summed E-state index contributed by atoms with van der Waals surface area (Å²) in [6.07, 6.45) is 1.70. The Kier molecular flexibility index (Phi) is 5.43. The summed E-state index contributed by atoms with van der Waals surface area (Å²) in [5.41, 5.74) is 1.51. The lowest BCUT2D eigenvalue weighted by molar-refractivity contribution is -0.117. The van der Waals surface area contributed by atoms with Gasteiger partial charge < -0.3 is 9.73 Å². The molecule has 7 heteroatoms. The monoisotopic (exact) mass is 380 g/mol. The molecule has 0 atom stereocenters. The molecule has 2 heterocycles. The van der Waals surface area contributed by atoms with Gasteiger partial charge in [0.15, 0.2) is 0 Å². The zero-order valence-corrected chi connectivity index (χ0v) is 15.3. The third kappa shape index (κ3) is 4.43.